The molecule has 1 unspecified atom stereocenters. The summed E-state index contributed by atoms with van der Waals surface area (Å²) in [7, 11) is 0. The van der Waals surface area contributed by atoms with Crippen molar-refractivity contribution in [2.24, 2.45) is 5.92 Å². The highest BCUT2D eigenvalue weighted by Gasteiger charge is 2.39. The van der Waals surface area contributed by atoms with Crippen LogP contribution >= 0.6 is 11.8 Å². The summed E-state index contributed by atoms with van der Waals surface area (Å²) in [5.74, 6) is 0.714. The van der Waals surface area contributed by atoms with Crippen LogP contribution in [0.4, 0.5) is 4.79 Å². The molecule has 1 aliphatic carbocycles. The van der Waals surface area contributed by atoms with Gasteiger partial charge in [-0.1, -0.05) is 30.7 Å². The van der Waals surface area contributed by atoms with Gasteiger partial charge in [0.2, 0.25) is 0 Å². The lowest BCUT2D eigenvalue weighted by molar-refractivity contribution is 0.147. The standard InChI is InChI=1S/C19H26N4OS/c1-15-14-25-19(23(15)13-17-7-4-8-20-11-17)22-10-9-21(18(22)24)12-16-5-2-3-6-16/h4,7-8,11,14,16,19H,2-3,5-6,9-10,12-13H2,1H3. The highest BCUT2D eigenvalue weighted by atomic mass is 32.2. The van der Waals surface area contributed by atoms with Crippen molar-refractivity contribution in [3.63, 3.8) is 0 Å². The van der Waals surface area contributed by atoms with Gasteiger partial charge in [0.15, 0.2) is 5.50 Å². The normalized spacial score (nSPS) is 24.5. The first-order valence-electron chi connectivity index (χ1n) is 9.26. The predicted octanol–water partition coefficient (Wildman–Crippen LogP) is 3.70. The van der Waals surface area contributed by atoms with Gasteiger partial charge in [-0.2, -0.15) is 0 Å². The summed E-state index contributed by atoms with van der Waals surface area (Å²) in [4.78, 5) is 23.6. The van der Waals surface area contributed by atoms with E-state index in [1.807, 2.05) is 17.2 Å². The van der Waals surface area contributed by atoms with Crippen LogP contribution in [0.1, 0.15) is 38.2 Å². The predicted molar refractivity (Wildman–Crippen MR) is 101 cm³/mol. The second kappa shape index (κ2) is 7.28. The van der Waals surface area contributed by atoms with Crippen molar-refractivity contribution in [2.45, 2.75) is 44.6 Å². The Balaban J connectivity index is 1.42. The fourth-order valence-corrected chi connectivity index (χ4v) is 5.27. The van der Waals surface area contributed by atoms with Gasteiger partial charge in [0.05, 0.1) is 0 Å². The van der Waals surface area contributed by atoms with Gasteiger partial charge in [0.1, 0.15) is 0 Å². The van der Waals surface area contributed by atoms with E-state index in [4.69, 9.17) is 0 Å². The Hall–Kier alpha value is -1.69. The number of carbonyl (C=O) groups is 1. The Labute approximate surface area is 154 Å². The molecule has 0 N–H and O–H groups in total. The van der Waals surface area contributed by atoms with E-state index >= 15 is 0 Å². The molecule has 25 heavy (non-hydrogen) atoms. The van der Waals surface area contributed by atoms with E-state index in [-0.39, 0.29) is 11.5 Å². The maximum Gasteiger partial charge on any atom is 0.322 e. The number of aromatic nitrogens is 1. The van der Waals surface area contributed by atoms with Crippen molar-refractivity contribution < 1.29 is 4.79 Å². The maximum absolute atomic E-state index is 13.0. The molecule has 1 saturated carbocycles. The number of amides is 2. The van der Waals surface area contributed by atoms with Crippen molar-refractivity contribution >= 4 is 17.8 Å². The number of hydrogen-bond acceptors (Lipinski definition) is 4. The molecule has 1 saturated heterocycles. The second-order valence-corrected chi connectivity index (χ2v) is 8.21. The number of thioether (sulfide) groups is 1. The average Bonchev–Trinajstić information content (AvgIpc) is 3.34. The van der Waals surface area contributed by atoms with Crippen LogP contribution in [0.25, 0.3) is 0 Å². The summed E-state index contributed by atoms with van der Waals surface area (Å²) in [6.45, 7) is 5.56. The minimum Gasteiger partial charge on any atom is -0.341 e. The van der Waals surface area contributed by atoms with Crippen LogP contribution in [0.5, 0.6) is 0 Å². The van der Waals surface area contributed by atoms with Gasteiger partial charge < -0.3 is 9.80 Å². The molecule has 0 radical (unpaired) electrons. The number of urea groups is 1. The van der Waals surface area contributed by atoms with Crippen molar-refractivity contribution in [3.8, 4) is 0 Å². The van der Waals surface area contributed by atoms with Gasteiger partial charge in [-0.05, 0) is 42.7 Å². The third kappa shape index (κ3) is 3.50. The molecule has 134 valence electrons. The molecule has 3 heterocycles. The third-order valence-electron chi connectivity index (χ3n) is 5.50. The van der Waals surface area contributed by atoms with Gasteiger partial charge in [-0.25, -0.2) is 4.79 Å². The number of rotatable bonds is 5. The van der Waals surface area contributed by atoms with Crippen LogP contribution in [-0.4, -0.2) is 50.8 Å². The van der Waals surface area contributed by atoms with Crippen LogP contribution in [0.3, 0.4) is 0 Å². The minimum atomic E-state index is 0.0706. The van der Waals surface area contributed by atoms with Crippen LogP contribution in [0.2, 0.25) is 0 Å². The average molecular weight is 359 g/mol. The smallest absolute Gasteiger partial charge is 0.322 e. The van der Waals surface area contributed by atoms with Gasteiger partial charge in [-0.15, -0.1) is 0 Å². The summed E-state index contributed by atoms with van der Waals surface area (Å²) in [5.41, 5.74) is 2.47. The van der Waals surface area contributed by atoms with E-state index in [1.165, 1.54) is 36.9 Å². The van der Waals surface area contributed by atoms with Gasteiger partial charge in [-0.3, -0.25) is 9.88 Å². The Kier molecular flexibility index (Phi) is 4.88. The molecule has 0 aromatic carbocycles. The fourth-order valence-electron chi connectivity index (χ4n) is 4.09. The van der Waals surface area contributed by atoms with E-state index in [2.05, 4.69) is 33.2 Å². The van der Waals surface area contributed by atoms with E-state index in [9.17, 15) is 4.79 Å². The van der Waals surface area contributed by atoms with Crippen molar-refractivity contribution in [1.29, 1.82) is 0 Å². The first-order chi connectivity index (χ1) is 12.2. The lowest BCUT2D eigenvalue weighted by Crippen LogP contribution is -2.45. The zero-order valence-corrected chi connectivity index (χ0v) is 15.6. The third-order valence-corrected chi connectivity index (χ3v) is 6.73. The molecule has 1 atom stereocenters. The second-order valence-electron chi connectivity index (χ2n) is 7.28. The molecule has 1 aromatic heterocycles. The van der Waals surface area contributed by atoms with Crippen LogP contribution in [-0.2, 0) is 6.54 Å². The summed E-state index contributed by atoms with van der Waals surface area (Å²) in [5, 5.41) is 2.17. The molecular formula is C19H26N4OS. The maximum atomic E-state index is 13.0. The molecule has 5 nitrogen and oxygen atoms in total. The Morgan fingerprint density at radius 2 is 2.12 bits per heavy atom. The van der Waals surface area contributed by atoms with Gasteiger partial charge in [0.25, 0.3) is 0 Å². The van der Waals surface area contributed by atoms with Crippen molar-refractivity contribution in [2.75, 3.05) is 19.6 Å². The van der Waals surface area contributed by atoms with E-state index in [0.717, 1.165) is 26.2 Å². The Morgan fingerprint density at radius 3 is 2.88 bits per heavy atom. The molecule has 2 amide bonds. The fraction of sp³-hybridized carbons (Fsp3) is 0.579. The van der Waals surface area contributed by atoms with Crippen molar-refractivity contribution in [1.82, 2.24) is 19.7 Å². The van der Waals surface area contributed by atoms with Gasteiger partial charge >= 0.3 is 6.03 Å². The molecular weight excluding hydrogens is 332 g/mol. The van der Waals surface area contributed by atoms with Crippen molar-refractivity contribution in [3.05, 3.63) is 41.2 Å². The van der Waals surface area contributed by atoms with E-state index < -0.39 is 0 Å². The molecule has 2 aliphatic heterocycles. The van der Waals surface area contributed by atoms with Crippen LogP contribution < -0.4 is 0 Å². The number of allylic oxidation sites excluding steroid dienone is 1. The quantitative estimate of drug-likeness (QED) is 0.804. The molecule has 6 heteroatoms. The zero-order valence-electron chi connectivity index (χ0n) is 14.8. The number of hydrogen-bond donors (Lipinski definition) is 0. The summed E-state index contributed by atoms with van der Waals surface area (Å²) in [6, 6.07) is 4.28. The summed E-state index contributed by atoms with van der Waals surface area (Å²) >= 11 is 1.75. The highest BCUT2D eigenvalue weighted by molar-refractivity contribution is 8.02. The Bertz CT molecular complexity index is 644. The molecule has 0 bridgehead atoms. The van der Waals surface area contributed by atoms with E-state index in [1.54, 1.807) is 18.0 Å². The first kappa shape index (κ1) is 16.8. The first-order valence-corrected chi connectivity index (χ1v) is 10.2. The van der Waals surface area contributed by atoms with E-state index in [0.29, 0.717) is 5.92 Å². The topological polar surface area (TPSA) is 39.7 Å². The molecule has 3 aliphatic rings. The zero-order chi connectivity index (χ0) is 17.2. The number of nitrogens with zero attached hydrogens (tertiary/aromatic N) is 4. The minimum absolute atomic E-state index is 0.0706. The highest BCUT2D eigenvalue weighted by Crippen LogP contribution is 2.36. The SMILES string of the molecule is CC1=CSC(N2CCN(CC3CCCC3)C2=O)N1Cc1cccnc1. The number of carbonyl (C=O) groups excluding carboxylic acids is 1. The van der Waals surface area contributed by atoms with Crippen LogP contribution in [0, 0.1) is 5.92 Å². The number of pyridine rings is 1. The monoisotopic (exact) mass is 358 g/mol. The largest absolute Gasteiger partial charge is 0.341 e. The lowest BCUT2D eigenvalue weighted by Gasteiger charge is -2.34. The molecule has 0 spiro atoms. The summed E-state index contributed by atoms with van der Waals surface area (Å²) < 4.78 is 0. The summed E-state index contributed by atoms with van der Waals surface area (Å²) in [6.07, 6.45) is 8.94. The van der Waals surface area contributed by atoms with Crippen LogP contribution in [0.15, 0.2) is 35.6 Å². The molecule has 2 fully saturated rings. The Morgan fingerprint density at radius 1 is 1.28 bits per heavy atom. The molecule has 4 rings (SSSR count). The van der Waals surface area contributed by atoms with Gasteiger partial charge in [0, 0.05) is 44.3 Å². The molecule has 1 aromatic rings. The lowest BCUT2D eigenvalue weighted by atomic mass is 10.1.